The third kappa shape index (κ3) is 4.11. The van der Waals surface area contributed by atoms with Gasteiger partial charge in [0.05, 0.1) is 19.0 Å². The van der Waals surface area contributed by atoms with Crippen molar-refractivity contribution < 1.29 is 9.53 Å². The second kappa shape index (κ2) is 7.91. The molecular formula is C17H18N6O2. The van der Waals surface area contributed by atoms with Gasteiger partial charge in [0.2, 0.25) is 0 Å². The van der Waals surface area contributed by atoms with Gasteiger partial charge in [-0.05, 0) is 12.1 Å². The number of anilines is 1. The number of nitrogens with one attached hydrogen (secondary N) is 2. The zero-order chi connectivity index (χ0) is 17.5. The first-order chi connectivity index (χ1) is 12.3. The number of methoxy groups -OCH3 is 1. The number of hydrogen-bond donors (Lipinski definition) is 2. The molecule has 2 aromatic heterocycles. The van der Waals surface area contributed by atoms with Crippen LogP contribution in [0.1, 0.15) is 0 Å². The quantitative estimate of drug-likeness (QED) is 0.718. The van der Waals surface area contributed by atoms with Gasteiger partial charge in [0, 0.05) is 37.9 Å². The predicted molar refractivity (Wildman–Crippen MR) is 93.3 cm³/mol. The highest BCUT2D eigenvalue weighted by atomic mass is 16.5. The summed E-state index contributed by atoms with van der Waals surface area (Å²) in [5.74, 6) is 1.32. The number of amides is 2. The van der Waals surface area contributed by atoms with Gasteiger partial charge in [-0.2, -0.15) is 0 Å². The molecule has 0 aliphatic heterocycles. The van der Waals surface area contributed by atoms with Crippen LogP contribution in [0, 0.1) is 0 Å². The first kappa shape index (κ1) is 16.4. The highest BCUT2D eigenvalue weighted by Gasteiger charge is 2.09. The molecule has 0 saturated heterocycles. The van der Waals surface area contributed by atoms with E-state index in [0.717, 1.165) is 0 Å². The van der Waals surface area contributed by atoms with Gasteiger partial charge in [0.1, 0.15) is 11.4 Å². The number of benzene rings is 1. The van der Waals surface area contributed by atoms with Gasteiger partial charge in [-0.3, -0.25) is 4.98 Å². The zero-order valence-corrected chi connectivity index (χ0v) is 13.7. The molecule has 128 valence electrons. The molecule has 1 aromatic carbocycles. The number of rotatable bonds is 6. The van der Waals surface area contributed by atoms with Crippen molar-refractivity contribution in [2.24, 2.45) is 0 Å². The van der Waals surface area contributed by atoms with Crippen LogP contribution in [0.3, 0.4) is 0 Å². The van der Waals surface area contributed by atoms with E-state index in [-0.39, 0.29) is 6.03 Å². The van der Waals surface area contributed by atoms with E-state index in [4.69, 9.17) is 4.74 Å². The molecule has 0 atom stereocenters. The summed E-state index contributed by atoms with van der Waals surface area (Å²) in [5.41, 5.74) is 1.30. The summed E-state index contributed by atoms with van der Waals surface area (Å²) >= 11 is 0. The van der Waals surface area contributed by atoms with Crippen LogP contribution in [-0.2, 0) is 6.54 Å². The van der Waals surface area contributed by atoms with Crippen molar-refractivity contribution in [3.63, 3.8) is 0 Å². The van der Waals surface area contributed by atoms with Crippen molar-refractivity contribution in [3.05, 3.63) is 55.2 Å². The average molecular weight is 338 g/mol. The molecule has 0 fully saturated rings. The molecule has 0 spiro atoms. The lowest BCUT2D eigenvalue weighted by Gasteiger charge is -2.12. The van der Waals surface area contributed by atoms with E-state index in [1.807, 2.05) is 22.9 Å². The molecule has 0 aliphatic rings. The Kier molecular flexibility index (Phi) is 5.20. The summed E-state index contributed by atoms with van der Waals surface area (Å²) in [4.78, 5) is 24.6. The largest absolute Gasteiger partial charge is 0.495 e. The lowest BCUT2D eigenvalue weighted by molar-refractivity contribution is 0.251. The number of imidazole rings is 1. The smallest absolute Gasteiger partial charge is 0.319 e. The van der Waals surface area contributed by atoms with Crippen molar-refractivity contribution in [1.82, 2.24) is 24.8 Å². The molecule has 8 nitrogen and oxygen atoms in total. The van der Waals surface area contributed by atoms with Crippen molar-refractivity contribution in [2.45, 2.75) is 6.54 Å². The molecule has 0 unspecified atom stereocenters. The van der Waals surface area contributed by atoms with Crippen molar-refractivity contribution in [2.75, 3.05) is 19.0 Å². The molecule has 2 heterocycles. The Hall–Kier alpha value is -3.42. The second-order valence-corrected chi connectivity index (χ2v) is 5.12. The highest BCUT2D eigenvalue weighted by molar-refractivity contribution is 5.90. The van der Waals surface area contributed by atoms with Crippen LogP contribution in [-0.4, -0.2) is 39.2 Å². The maximum atomic E-state index is 12.0. The second-order valence-electron chi connectivity index (χ2n) is 5.12. The number of carbonyl (C=O) groups excluding carboxylic acids is 1. The summed E-state index contributed by atoms with van der Waals surface area (Å²) in [7, 11) is 1.56. The molecule has 2 N–H and O–H groups in total. The molecule has 0 saturated carbocycles. The molecule has 0 bridgehead atoms. The minimum atomic E-state index is -0.300. The summed E-state index contributed by atoms with van der Waals surface area (Å²) in [6.07, 6.45) is 8.41. The third-order valence-electron chi connectivity index (χ3n) is 3.50. The first-order valence-corrected chi connectivity index (χ1v) is 7.73. The third-order valence-corrected chi connectivity index (χ3v) is 3.50. The number of nitrogens with zero attached hydrogens (tertiary/aromatic N) is 4. The minimum Gasteiger partial charge on any atom is -0.495 e. The van der Waals surface area contributed by atoms with Crippen LogP contribution >= 0.6 is 0 Å². The fraction of sp³-hybridized carbons (Fsp3) is 0.176. The van der Waals surface area contributed by atoms with Crippen molar-refractivity contribution >= 4 is 11.7 Å². The van der Waals surface area contributed by atoms with E-state index >= 15 is 0 Å². The van der Waals surface area contributed by atoms with Gasteiger partial charge in [-0.1, -0.05) is 12.1 Å². The fourth-order valence-electron chi connectivity index (χ4n) is 2.34. The van der Waals surface area contributed by atoms with Gasteiger partial charge in [-0.25, -0.2) is 14.8 Å². The van der Waals surface area contributed by atoms with E-state index in [9.17, 15) is 4.79 Å². The number of ether oxygens (including phenoxy) is 1. The summed E-state index contributed by atoms with van der Waals surface area (Å²) in [6, 6.07) is 6.94. The molecule has 3 aromatic rings. The van der Waals surface area contributed by atoms with E-state index in [0.29, 0.717) is 36.0 Å². The predicted octanol–water partition coefficient (Wildman–Crippen LogP) is 2.17. The van der Waals surface area contributed by atoms with E-state index < -0.39 is 0 Å². The Balaban J connectivity index is 1.55. The van der Waals surface area contributed by atoms with Gasteiger partial charge in [-0.15, -0.1) is 0 Å². The maximum absolute atomic E-state index is 12.0. The van der Waals surface area contributed by atoms with Gasteiger partial charge >= 0.3 is 6.03 Å². The van der Waals surface area contributed by atoms with Gasteiger partial charge in [0.15, 0.2) is 5.82 Å². The average Bonchev–Trinajstić information content (AvgIpc) is 3.11. The SMILES string of the molecule is COc1ccccc1NC(=O)NCCn1ccnc1-c1cnccn1. The van der Waals surface area contributed by atoms with E-state index in [1.54, 1.807) is 44.0 Å². The Morgan fingerprint density at radius 2 is 2.08 bits per heavy atom. The van der Waals surface area contributed by atoms with Crippen LogP contribution in [0.4, 0.5) is 10.5 Å². The number of urea groups is 1. The van der Waals surface area contributed by atoms with Crippen molar-refractivity contribution in [3.8, 4) is 17.3 Å². The molecule has 0 aliphatic carbocycles. The van der Waals surface area contributed by atoms with E-state index in [1.165, 1.54) is 0 Å². The van der Waals surface area contributed by atoms with Gasteiger partial charge in [0.25, 0.3) is 0 Å². The molecule has 8 heteroatoms. The maximum Gasteiger partial charge on any atom is 0.319 e. The first-order valence-electron chi connectivity index (χ1n) is 7.73. The number of para-hydroxylation sites is 2. The monoisotopic (exact) mass is 338 g/mol. The Morgan fingerprint density at radius 1 is 1.20 bits per heavy atom. The van der Waals surface area contributed by atoms with E-state index in [2.05, 4.69) is 25.6 Å². The standard InChI is InChI=1S/C17H18N6O2/c1-25-15-5-3-2-4-13(15)22-17(24)21-9-11-23-10-8-20-16(23)14-12-18-6-7-19-14/h2-8,10,12H,9,11H2,1H3,(H2,21,22,24). The molecule has 0 radical (unpaired) electrons. The number of aromatic nitrogens is 4. The summed E-state index contributed by atoms with van der Waals surface area (Å²) < 4.78 is 7.12. The molecule has 3 rings (SSSR count). The van der Waals surface area contributed by atoms with Gasteiger partial charge < -0.3 is 19.9 Å². The summed E-state index contributed by atoms with van der Waals surface area (Å²) in [6.45, 7) is 0.996. The molecular weight excluding hydrogens is 320 g/mol. The Bertz CT molecular complexity index is 834. The lowest BCUT2D eigenvalue weighted by Crippen LogP contribution is -2.31. The minimum absolute atomic E-state index is 0.300. The van der Waals surface area contributed by atoms with Crippen molar-refractivity contribution in [1.29, 1.82) is 0 Å². The lowest BCUT2D eigenvalue weighted by atomic mass is 10.3. The number of hydrogen-bond acceptors (Lipinski definition) is 5. The molecule has 2 amide bonds. The Labute approximate surface area is 144 Å². The fourth-order valence-corrected chi connectivity index (χ4v) is 2.34. The van der Waals surface area contributed by atoms with Crippen LogP contribution in [0.5, 0.6) is 5.75 Å². The zero-order valence-electron chi connectivity index (χ0n) is 13.7. The Morgan fingerprint density at radius 3 is 2.88 bits per heavy atom. The van der Waals surface area contributed by atoms with Crippen LogP contribution < -0.4 is 15.4 Å². The van der Waals surface area contributed by atoms with Crippen LogP contribution in [0.25, 0.3) is 11.5 Å². The van der Waals surface area contributed by atoms with Crippen LogP contribution in [0.2, 0.25) is 0 Å². The topological polar surface area (TPSA) is 94.0 Å². The molecule has 25 heavy (non-hydrogen) atoms. The highest BCUT2D eigenvalue weighted by Crippen LogP contribution is 2.22. The summed E-state index contributed by atoms with van der Waals surface area (Å²) in [5, 5.41) is 5.57. The normalized spacial score (nSPS) is 10.3. The van der Waals surface area contributed by atoms with Crippen LogP contribution in [0.15, 0.2) is 55.2 Å². The number of carbonyl (C=O) groups is 1.